The Bertz CT molecular complexity index is 572. The fourth-order valence-corrected chi connectivity index (χ4v) is 2.80. The molecule has 0 unspecified atom stereocenters. The van der Waals surface area contributed by atoms with Crippen LogP contribution in [-0.2, 0) is 14.8 Å². The van der Waals surface area contributed by atoms with Crippen LogP contribution in [-0.4, -0.2) is 34.5 Å². The summed E-state index contributed by atoms with van der Waals surface area (Å²) in [5, 5.41) is 2.58. The fraction of sp³-hybridized carbons (Fsp3) is 0.417. The number of nitrogens with one attached hydrogen (secondary N) is 2. The van der Waals surface area contributed by atoms with Crippen LogP contribution in [0.5, 0.6) is 5.75 Å². The van der Waals surface area contributed by atoms with Crippen molar-refractivity contribution in [3.63, 3.8) is 0 Å². The Morgan fingerprint density at radius 3 is 2.70 bits per heavy atom. The zero-order chi connectivity index (χ0) is 15.2. The first-order valence-corrected chi connectivity index (χ1v) is 7.59. The molecule has 0 atom stereocenters. The van der Waals surface area contributed by atoms with Crippen LogP contribution in [0.25, 0.3) is 0 Å². The van der Waals surface area contributed by atoms with Gasteiger partial charge in [-0.25, -0.2) is 13.1 Å². The number of carbonyl (C=O) groups excluding carboxylic acids is 1. The number of hydrogen-bond donors (Lipinski definition) is 3. The smallest absolute Gasteiger partial charge is 0.244 e. The Labute approximate surface area is 118 Å². The van der Waals surface area contributed by atoms with Crippen molar-refractivity contribution in [2.45, 2.75) is 18.2 Å². The zero-order valence-electron chi connectivity index (χ0n) is 11.5. The largest absolute Gasteiger partial charge is 0.495 e. The van der Waals surface area contributed by atoms with Crippen molar-refractivity contribution in [3.8, 4) is 5.75 Å². The van der Waals surface area contributed by atoms with Crippen LogP contribution in [0, 0.1) is 0 Å². The Hall–Kier alpha value is -1.80. The maximum atomic E-state index is 12.1. The number of anilines is 1. The Morgan fingerprint density at radius 1 is 1.40 bits per heavy atom. The third-order valence-electron chi connectivity index (χ3n) is 2.50. The van der Waals surface area contributed by atoms with Crippen LogP contribution in [0.3, 0.4) is 0 Å². The highest BCUT2D eigenvalue weighted by Gasteiger charge is 2.19. The first-order valence-electron chi connectivity index (χ1n) is 6.10. The summed E-state index contributed by atoms with van der Waals surface area (Å²) in [7, 11) is -2.40. The van der Waals surface area contributed by atoms with Gasteiger partial charge in [0.05, 0.1) is 7.11 Å². The highest BCUT2D eigenvalue weighted by molar-refractivity contribution is 7.89. The highest BCUT2D eigenvalue weighted by atomic mass is 32.2. The molecule has 1 aromatic rings. The zero-order valence-corrected chi connectivity index (χ0v) is 12.3. The molecule has 4 N–H and O–H groups in total. The summed E-state index contributed by atoms with van der Waals surface area (Å²) < 4.78 is 31.6. The van der Waals surface area contributed by atoms with Crippen molar-refractivity contribution in [3.05, 3.63) is 18.2 Å². The first kappa shape index (κ1) is 16.3. The molecule has 0 aliphatic rings. The molecule has 0 aliphatic carbocycles. The average Bonchev–Trinajstić information content (AvgIpc) is 2.38. The van der Waals surface area contributed by atoms with Crippen molar-refractivity contribution in [2.75, 3.05) is 25.9 Å². The lowest BCUT2D eigenvalue weighted by molar-refractivity contribution is -0.120. The van der Waals surface area contributed by atoms with Crippen LogP contribution < -0.4 is 20.5 Å². The summed E-state index contributed by atoms with van der Waals surface area (Å²) in [6.07, 6.45) is 0.0672. The van der Waals surface area contributed by atoms with Gasteiger partial charge in [0.2, 0.25) is 15.9 Å². The van der Waals surface area contributed by atoms with Gasteiger partial charge in [-0.15, -0.1) is 0 Å². The molecule has 0 saturated heterocycles. The van der Waals surface area contributed by atoms with E-state index in [1.54, 1.807) is 13.0 Å². The van der Waals surface area contributed by atoms with Gasteiger partial charge in [0.15, 0.2) is 0 Å². The monoisotopic (exact) mass is 301 g/mol. The molecule has 0 saturated carbocycles. The van der Waals surface area contributed by atoms with Gasteiger partial charge >= 0.3 is 0 Å². The molecule has 0 aliphatic heterocycles. The fourth-order valence-electron chi connectivity index (χ4n) is 1.57. The number of hydrogen-bond acceptors (Lipinski definition) is 5. The average molecular weight is 301 g/mol. The van der Waals surface area contributed by atoms with E-state index in [1.807, 2.05) is 0 Å². The van der Waals surface area contributed by atoms with E-state index in [1.165, 1.54) is 19.2 Å². The molecule has 8 heteroatoms. The van der Waals surface area contributed by atoms with Gasteiger partial charge in [-0.3, -0.25) is 4.79 Å². The second-order valence-corrected chi connectivity index (χ2v) is 5.75. The van der Waals surface area contributed by atoms with Crippen molar-refractivity contribution in [1.82, 2.24) is 10.0 Å². The number of methoxy groups -OCH3 is 1. The summed E-state index contributed by atoms with van der Waals surface area (Å²) in [6, 6.07) is 4.34. The number of ether oxygens (including phenoxy) is 1. The van der Waals surface area contributed by atoms with Crippen LogP contribution in [0.4, 0.5) is 5.69 Å². The molecular formula is C12H19N3O4S. The molecule has 0 spiro atoms. The minimum absolute atomic E-state index is 0.00607. The van der Waals surface area contributed by atoms with E-state index in [0.29, 0.717) is 12.2 Å². The molecule has 20 heavy (non-hydrogen) atoms. The molecule has 1 amide bonds. The molecule has 0 aromatic heterocycles. The van der Waals surface area contributed by atoms with Crippen LogP contribution >= 0.6 is 0 Å². The summed E-state index contributed by atoms with van der Waals surface area (Å²) in [5.41, 5.74) is 5.90. The molecule has 0 heterocycles. The second kappa shape index (κ2) is 7.11. The van der Waals surface area contributed by atoms with Crippen LogP contribution in [0.1, 0.15) is 13.3 Å². The Morgan fingerprint density at radius 2 is 2.10 bits per heavy atom. The lowest BCUT2D eigenvalue weighted by atomic mass is 10.3. The lowest BCUT2D eigenvalue weighted by Gasteiger charge is -2.11. The highest BCUT2D eigenvalue weighted by Crippen LogP contribution is 2.25. The van der Waals surface area contributed by atoms with Crippen molar-refractivity contribution >= 4 is 21.6 Å². The molecule has 7 nitrogen and oxygen atoms in total. The normalized spacial score (nSPS) is 11.1. The number of benzene rings is 1. The molecule has 0 bridgehead atoms. The molecule has 0 radical (unpaired) electrons. The summed E-state index contributed by atoms with van der Waals surface area (Å²) in [4.78, 5) is 11.2. The number of amides is 1. The van der Waals surface area contributed by atoms with E-state index in [-0.39, 0.29) is 29.5 Å². The number of carbonyl (C=O) groups is 1. The van der Waals surface area contributed by atoms with Gasteiger partial charge in [-0.1, -0.05) is 0 Å². The number of nitrogens with two attached hydrogens (primary N) is 1. The van der Waals surface area contributed by atoms with Crippen molar-refractivity contribution < 1.29 is 17.9 Å². The third-order valence-corrected chi connectivity index (χ3v) is 3.98. The lowest BCUT2D eigenvalue weighted by Crippen LogP contribution is -2.30. The molecule has 1 rings (SSSR count). The van der Waals surface area contributed by atoms with E-state index in [0.717, 1.165) is 0 Å². The standard InChI is InChI=1S/C12H19N3O4S/c1-3-14-12(16)6-7-15-20(17,18)11-8-9(13)4-5-10(11)19-2/h4-5,8,15H,3,6-7,13H2,1-2H3,(H,14,16). The van der Waals surface area contributed by atoms with Gasteiger partial charge in [0.1, 0.15) is 10.6 Å². The number of rotatable bonds is 7. The van der Waals surface area contributed by atoms with Gasteiger partial charge in [0, 0.05) is 25.2 Å². The Balaban J connectivity index is 2.79. The third kappa shape index (κ3) is 4.39. The van der Waals surface area contributed by atoms with Gasteiger partial charge in [0.25, 0.3) is 0 Å². The summed E-state index contributed by atoms with van der Waals surface area (Å²) in [5.74, 6) is -0.0144. The van der Waals surface area contributed by atoms with E-state index < -0.39 is 10.0 Å². The number of sulfonamides is 1. The van der Waals surface area contributed by atoms with Gasteiger partial charge < -0.3 is 15.8 Å². The van der Waals surface area contributed by atoms with Gasteiger partial charge in [-0.05, 0) is 25.1 Å². The molecule has 1 aromatic carbocycles. The minimum Gasteiger partial charge on any atom is -0.495 e. The van der Waals surface area contributed by atoms with E-state index >= 15 is 0 Å². The first-order chi connectivity index (χ1) is 9.40. The van der Waals surface area contributed by atoms with Crippen molar-refractivity contribution in [2.24, 2.45) is 0 Å². The van der Waals surface area contributed by atoms with Crippen LogP contribution in [0.15, 0.2) is 23.1 Å². The summed E-state index contributed by atoms with van der Waals surface area (Å²) in [6.45, 7) is 2.31. The quantitative estimate of drug-likeness (QED) is 0.618. The maximum Gasteiger partial charge on any atom is 0.244 e. The van der Waals surface area contributed by atoms with E-state index in [4.69, 9.17) is 10.5 Å². The van der Waals surface area contributed by atoms with E-state index in [2.05, 4.69) is 10.0 Å². The molecule has 0 fully saturated rings. The Kier molecular flexibility index (Phi) is 5.78. The van der Waals surface area contributed by atoms with Crippen molar-refractivity contribution in [1.29, 1.82) is 0 Å². The predicted molar refractivity (Wildman–Crippen MR) is 75.9 cm³/mol. The maximum absolute atomic E-state index is 12.1. The van der Waals surface area contributed by atoms with E-state index in [9.17, 15) is 13.2 Å². The molecular weight excluding hydrogens is 282 g/mol. The SMILES string of the molecule is CCNC(=O)CCNS(=O)(=O)c1cc(N)ccc1OC. The predicted octanol–water partition coefficient (Wildman–Crippen LogP) is 0.0819. The number of nitrogen functional groups attached to an aromatic ring is 1. The topological polar surface area (TPSA) is 111 Å². The second-order valence-electron chi connectivity index (χ2n) is 4.01. The van der Waals surface area contributed by atoms with Gasteiger partial charge in [-0.2, -0.15) is 0 Å². The summed E-state index contributed by atoms with van der Waals surface area (Å²) >= 11 is 0. The minimum atomic E-state index is -3.77. The van der Waals surface area contributed by atoms with Crippen LogP contribution in [0.2, 0.25) is 0 Å². The molecule has 112 valence electrons.